The number of nitrogens with one attached hydrogen (secondary N) is 1. The van der Waals surface area contributed by atoms with Crippen LogP contribution in [0.5, 0.6) is 5.75 Å². The number of phenolic OH excluding ortho intramolecular Hbond substituents is 1. The number of hydrogen-bond acceptors (Lipinski definition) is 5. The van der Waals surface area contributed by atoms with Crippen LogP contribution in [0, 0.1) is 11.7 Å². The largest absolute Gasteiger partial charge is 0.508 e. The Bertz CT molecular complexity index is 1060. The highest BCUT2D eigenvalue weighted by molar-refractivity contribution is 5.98. The summed E-state index contributed by atoms with van der Waals surface area (Å²) in [7, 11) is 0. The summed E-state index contributed by atoms with van der Waals surface area (Å²) in [6, 6.07) is 10.2. The molecule has 1 aliphatic rings. The maximum absolute atomic E-state index is 13.8. The average Bonchev–Trinajstić information content (AvgIpc) is 3.22. The van der Waals surface area contributed by atoms with Gasteiger partial charge in [-0.25, -0.2) is 18.9 Å². The number of likely N-dealkylation sites (tertiary alicyclic amines) is 1. The maximum Gasteiger partial charge on any atom is 0.323 e. The second-order valence-electron chi connectivity index (χ2n) is 7.06. The van der Waals surface area contributed by atoms with E-state index in [0.717, 1.165) is 0 Å². The first-order chi connectivity index (χ1) is 14.5. The third-order valence-corrected chi connectivity index (χ3v) is 5.08. The lowest BCUT2D eigenvalue weighted by atomic mass is 9.89. The summed E-state index contributed by atoms with van der Waals surface area (Å²) in [5, 5.41) is 16.2. The highest BCUT2D eigenvalue weighted by Crippen LogP contribution is 2.23. The second-order valence-corrected chi connectivity index (χ2v) is 7.06. The Labute approximate surface area is 172 Å². The zero-order valence-electron chi connectivity index (χ0n) is 16.0. The number of amides is 2. The Hall–Kier alpha value is -3.75. The molecule has 0 spiro atoms. The number of urea groups is 1. The summed E-state index contributed by atoms with van der Waals surface area (Å²) in [6.07, 6.45) is 4.09. The van der Waals surface area contributed by atoms with E-state index in [1.165, 1.54) is 41.3 Å². The molecule has 0 bridgehead atoms. The molecule has 3 heterocycles. The zero-order valence-corrected chi connectivity index (χ0v) is 16.0. The molecule has 9 heteroatoms. The van der Waals surface area contributed by atoms with Crippen LogP contribution in [-0.4, -0.2) is 49.7 Å². The predicted octanol–water partition coefficient (Wildman–Crippen LogP) is 3.24. The lowest BCUT2D eigenvalue weighted by Crippen LogP contribution is -2.42. The molecule has 1 saturated heterocycles. The van der Waals surface area contributed by atoms with Crippen molar-refractivity contribution in [3.05, 3.63) is 66.2 Å². The van der Waals surface area contributed by atoms with Crippen LogP contribution < -0.4 is 5.32 Å². The smallest absolute Gasteiger partial charge is 0.323 e. The number of hydrogen-bond donors (Lipinski definition) is 2. The van der Waals surface area contributed by atoms with Crippen molar-refractivity contribution >= 4 is 17.6 Å². The van der Waals surface area contributed by atoms with Gasteiger partial charge in [0.25, 0.3) is 0 Å². The minimum absolute atomic E-state index is 0.0196. The number of carbonyl (C=O) groups excluding carboxylic acids is 2. The molecule has 0 radical (unpaired) electrons. The van der Waals surface area contributed by atoms with Crippen molar-refractivity contribution in [2.45, 2.75) is 12.8 Å². The summed E-state index contributed by atoms with van der Waals surface area (Å²) in [5.74, 6) is -0.208. The molecule has 8 nitrogen and oxygen atoms in total. The fourth-order valence-corrected chi connectivity index (χ4v) is 3.45. The van der Waals surface area contributed by atoms with Crippen molar-refractivity contribution in [2.24, 2.45) is 5.92 Å². The van der Waals surface area contributed by atoms with Gasteiger partial charge < -0.3 is 10.0 Å². The number of benzene rings is 1. The Kier molecular flexibility index (Phi) is 5.42. The van der Waals surface area contributed by atoms with E-state index in [-0.39, 0.29) is 35.1 Å². The van der Waals surface area contributed by atoms with Gasteiger partial charge in [-0.15, -0.1) is 5.10 Å². The molecule has 1 aliphatic heterocycles. The molecule has 30 heavy (non-hydrogen) atoms. The molecule has 4 rings (SSSR count). The fraction of sp³-hybridized carbons (Fsp3) is 0.238. The summed E-state index contributed by atoms with van der Waals surface area (Å²) < 4.78 is 15.1. The minimum Gasteiger partial charge on any atom is -0.508 e. The number of halogens is 1. The van der Waals surface area contributed by atoms with Crippen LogP contribution in [0.4, 0.5) is 15.0 Å². The Morgan fingerprint density at radius 2 is 1.83 bits per heavy atom. The van der Waals surface area contributed by atoms with E-state index in [0.29, 0.717) is 31.5 Å². The van der Waals surface area contributed by atoms with Gasteiger partial charge in [-0.1, -0.05) is 0 Å². The molecule has 2 amide bonds. The SMILES string of the molecule is O=C(c1ccc(O)cc1)C1CCN(C(=O)Nc2ccn(-c3ncccc3F)n2)CC1. The summed E-state index contributed by atoms with van der Waals surface area (Å²) >= 11 is 0. The van der Waals surface area contributed by atoms with Gasteiger partial charge in [0.1, 0.15) is 5.75 Å². The Balaban J connectivity index is 1.33. The van der Waals surface area contributed by atoms with Gasteiger partial charge in [0.2, 0.25) is 0 Å². The van der Waals surface area contributed by atoms with Crippen LogP contribution >= 0.6 is 0 Å². The molecule has 0 unspecified atom stereocenters. The summed E-state index contributed by atoms with van der Waals surface area (Å²) in [5.41, 5.74) is 0.558. The highest BCUT2D eigenvalue weighted by Gasteiger charge is 2.28. The molecule has 2 aromatic heterocycles. The van der Waals surface area contributed by atoms with Gasteiger partial charge in [-0.3, -0.25) is 10.1 Å². The zero-order chi connectivity index (χ0) is 21.1. The van der Waals surface area contributed by atoms with Crippen molar-refractivity contribution in [3.8, 4) is 11.6 Å². The molecule has 0 saturated carbocycles. The number of piperidine rings is 1. The van der Waals surface area contributed by atoms with Crippen molar-refractivity contribution in [2.75, 3.05) is 18.4 Å². The Morgan fingerprint density at radius 3 is 2.53 bits per heavy atom. The van der Waals surface area contributed by atoms with Crippen LogP contribution in [0.25, 0.3) is 5.82 Å². The van der Waals surface area contributed by atoms with E-state index in [1.807, 2.05) is 0 Å². The van der Waals surface area contributed by atoms with Crippen molar-refractivity contribution in [1.82, 2.24) is 19.7 Å². The van der Waals surface area contributed by atoms with Gasteiger partial charge in [-0.05, 0) is 49.2 Å². The van der Waals surface area contributed by atoms with E-state index in [4.69, 9.17) is 0 Å². The number of phenols is 1. The number of nitrogens with zero attached hydrogens (tertiary/aromatic N) is 4. The van der Waals surface area contributed by atoms with Crippen molar-refractivity contribution < 1.29 is 19.1 Å². The number of carbonyl (C=O) groups is 2. The molecule has 1 fully saturated rings. The van der Waals surface area contributed by atoms with Crippen molar-refractivity contribution in [3.63, 3.8) is 0 Å². The van der Waals surface area contributed by atoms with E-state index >= 15 is 0 Å². The van der Waals surface area contributed by atoms with Gasteiger partial charge in [0, 0.05) is 43.0 Å². The molecule has 154 valence electrons. The molecule has 0 atom stereocenters. The van der Waals surface area contributed by atoms with Crippen LogP contribution in [0.1, 0.15) is 23.2 Å². The van der Waals surface area contributed by atoms with Gasteiger partial charge in [0.05, 0.1) is 0 Å². The Morgan fingerprint density at radius 1 is 1.10 bits per heavy atom. The molecule has 3 aromatic rings. The second kappa shape index (κ2) is 8.32. The normalized spacial score (nSPS) is 14.5. The lowest BCUT2D eigenvalue weighted by Gasteiger charge is -2.31. The van der Waals surface area contributed by atoms with E-state index in [9.17, 15) is 19.1 Å². The predicted molar refractivity (Wildman–Crippen MR) is 107 cm³/mol. The topological polar surface area (TPSA) is 100 Å². The first kappa shape index (κ1) is 19.6. The molecular weight excluding hydrogens is 389 g/mol. The van der Waals surface area contributed by atoms with E-state index in [2.05, 4.69) is 15.4 Å². The third kappa shape index (κ3) is 4.14. The van der Waals surface area contributed by atoms with Gasteiger partial charge in [-0.2, -0.15) is 0 Å². The first-order valence-electron chi connectivity index (χ1n) is 9.57. The number of aromatic nitrogens is 3. The van der Waals surface area contributed by atoms with Crippen LogP contribution in [0.3, 0.4) is 0 Å². The highest BCUT2D eigenvalue weighted by atomic mass is 19.1. The number of Topliss-reactive ketones (excluding diaryl/α,β-unsaturated/α-hetero) is 1. The molecule has 2 N–H and O–H groups in total. The number of anilines is 1. The summed E-state index contributed by atoms with van der Waals surface area (Å²) in [6.45, 7) is 0.881. The quantitative estimate of drug-likeness (QED) is 0.645. The third-order valence-electron chi connectivity index (χ3n) is 5.08. The lowest BCUT2D eigenvalue weighted by molar-refractivity contribution is 0.0859. The number of rotatable bonds is 4. The van der Waals surface area contributed by atoms with Gasteiger partial charge >= 0.3 is 6.03 Å². The average molecular weight is 409 g/mol. The van der Waals surface area contributed by atoms with Crippen molar-refractivity contribution in [1.29, 1.82) is 0 Å². The molecule has 1 aromatic carbocycles. The monoisotopic (exact) mass is 409 g/mol. The van der Waals surface area contributed by atoms with Crippen LogP contribution in [-0.2, 0) is 0 Å². The minimum atomic E-state index is -0.515. The maximum atomic E-state index is 13.8. The fourth-order valence-electron chi connectivity index (χ4n) is 3.45. The van der Waals surface area contributed by atoms with E-state index in [1.54, 1.807) is 23.1 Å². The van der Waals surface area contributed by atoms with E-state index < -0.39 is 5.82 Å². The molecule has 0 aliphatic carbocycles. The standard InChI is InChI=1S/C21H20FN5O3/c22-17-2-1-10-23-20(17)27-13-9-18(25-27)24-21(30)26-11-7-15(8-12-26)19(29)14-3-5-16(28)6-4-14/h1-6,9-10,13,15,28H,7-8,11-12H2,(H,24,25,30). The van der Waals surface area contributed by atoms with Crippen LogP contribution in [0.2, 0.25) is 0 Å². The molecular formula is C21H20FN5O3. The number of pyridine rings is 1. The summed E-state index contributed by atoms with van der Waals surface area (Å²) in [4.78, 5) is 30.7. The number of ketones is 1. The van der Waals surface area contributed by atoms with Gasteiger partial charge in [0.15, 0.2) is 23.2 Å². The van der Waals surface area contributed by atoms with Crippen LogP contribution in [0.15, 0.2) is 54.9 Å². The first-order valence-corrected chi connectivity index (χ1v) is 9.57. The number of aromatic hydroxyl groups is 1.